The van der Waals surface area contributed by atoms with E-state index in [1.165, 1.54) is 0 Å². The Morgan fingerprint density at radius 3 is 2.80 bits per heavy atom. The summed E-state index contributed by atoms with van der Waals surface area (Å²) in [7, 11) is 2.12. The first-order valence-corrected chi connectivity index (χ1v) is 6.98. The number of nitrogens with two attached hydrogens (primary N) is 1. The van der Waals surface area contributed by atoms with E-state index in [1.807, 2.05) is 12.1 Å². The minimum atomic E-state index is -0.487. The molecule has 1 fully saturated rings. The Hall–Kier alpha value is -1.66. The Bertz CT molecular complexity index is 455. The summed E-state index contributed by atoms with van der Waals surface area (Å²) < 4.78 is 0. The highest BCUT2D eigenvalue weighted by molar-refractivity contribution is 5.81. The predicted molar refractivity (Wildman–Crippen MR) is 79.4 cm³/mol. The van der Waals surface area contributed by atoms with Crippen molar-refractivity contribution < 1.29 is 4.79 Å². The molecule has 1 amide bonds. The molecule has 1 aromatic heterocycles. The van der Waals surface area contributed by atoms with Gasteiger partial charge >= 0.3 is 0 Å². The molecule has 2 heterocycles. The van der Waals surface area contributed by atoms with Crippen molar-refractivity contribution in [3.05, 3.63) is 23.9 Å². The lowest BCUT2D eigenvalue weighted by Crippen LogP contribution is -2.45. The van der Waals surface area contributed by atoms with Crippen molar-refractivity contribution in [3.63, 3.8) is 0 Å². The van der Waals surface area contributed by atoms with Gasteiger partial charge in [0.15, 0.2) is 0 Å². The van der Waals surface area contributed by atoms with E-state index < -0.39 is 6.04 Å². The molecule has 0 aromatic carbocycles. The zero-order valence-corrected chi connectivity index (χ0v) is 12.2. The number of carbonyl (C=O) groups is 1. The van der Waals surface area contributed by atoms with Crippen LogP contribution in [0.5, 0.6) is 0 Å². The van der Waals surface area contributed by atoms with Gasteiger partial charge in [0.2, 0.25) is 5.91 Å². The number of piperazine rings is 1. The molecule has 1 atom stereocenters. The van der Waals surface area contributed by atoms with Gasteiger partial charge in [0.05, 0.1) is 6.04 Å². The van der Waals surface area contributed by atoms with Crippen molar-refractivity contribution in [3.8, 4) is 0 Å². The standard InChI is InChI=1S/C14H23N5O/c1-11(15)14(20)17-10-12-4-3-5-16-13(12)19-8-6-18(2)7-9-19/h3-5,11H,6-10,15H2,1-2H3,(H,17,20). The molecule has 2 rings (SSSR count). The van der Waals surface area contributed by atoms with Crippen LogP contribution >= 0.6 is 0 Å². The third-order valence-electron chi connectivity index (χ3n) is 3.54. The smallest absolute Gasteiger partial charge is 0.236 e. The van der Waals surface area contributed by atoms with Gasteiger partial charge in [-0.15, -0.1) is 0 Å². The third-order valence-corrected chi connectivity index (χ3v) is 3.54. The van der Waals surface area contributed by atoms with Crippen molar-refractivity contribution in [2.45, 2.75) is 19.5 Å². The molecule has 3 N–H and O–H groups in total. The molecule has 0 radical (unpaired) electrons. The normalized spacial score (nSPS) is 17.9. The Balaban J connectivity index is 2.04. The Labute approximate surface area is 120 Å². The second-order valence-corrected chi connectivity index (χ2v) is 5.28. The van der Waals surface area contributed by atoms with E-state index in [2.05, 4.69) is 27.1 Å². The maximum Gasteiger partial charge on any atom is 0.236 e. The monoisotopic (exact) mass is 277 g/mol. The average Bonchev–Trinajstić information content (AvgIpc) is 2.46. The molecule has 0 aliphatic carbocycles. The van der Waals surface area contributed by atoms with E-state index in [4.69, 9.17) is 5.73 Å². The van der Waals surface area contributed by atoms with Gasteiger partial charge in [-0.1, -0.05) is 6.07 Å². The number of nitrogens with one attached hydrogen (secondary N) is 1. The number of hydrogen-bond donors (Lipinski definition) is 2. The fraction of sp³-hybridized carbons (Fsp3) is 0.571. The average molecular weight is 277 g/mol. The lowest BCUT2D eigenvalue weighted by molar-refractivity contribution is -0.122. The number of likely N-dealkylation sites (N-methyl/N-ethyl adjacent to an activating group) is 1. The molecule has 1 unspecified atom stereocenters. The molecule has 20 heavy (non-hydrogen) atoms. The van der Waals surface area contributed by atoms with Crippen LogP contribution in [0.4, 0.5) is 5.82 Å². The number of hydrogen-bond acceptors (Lipinski definition) is 5. The fourth-order valence-corrected chi connectivity index (χ4v) is 2.21. The summed E-state index contributed by atoms with van der Waals surface area (Å²) in [6.07, 6.45) is 1.80. The van der Waals surface area contributed by atoms with Gasteiger partial charge in [0, 0.05) is 44.5 Å². The van der Waals surface area contributed by atoms with Crippen LogP contribution in [0.15, 0.2) is 18.3 Å². The molecule has 1 saturated heterocycles. The zero-order chi connectivity index (χ0) is 14.5. The summed E-state index contributed by atoms with van der Waals surface area (Å²) in [6.45, 7) is 6.13. The minimum Gasteiger partial charge on any atom is -0.354 e. The van der Waals surface area contributed by atoms with Gasteiger partial charge in [-0.25, -0.2) is 4.98 Å². The summed E-state index contributed by atoms with van der Waals surface area (Å²) in [5, 5.41) is 2.85. The van der Waals surface area contributed by atoms with Crippen molar-refractivity contribution >= 4 is 11.7 Å². The van der Waals surface area contributed by atoms with E-state index in [0.29, 0.717) is 6.54 Å². The molecule has 1 aromatic rings. The van der Waals surface area contributed by atoms with Crippen molar-refractivity contribution in [1.82, 2.24) is 15.2 Å². The highest BCUT2D eigenvalue weighted by Gasteiger charge is 2.18. The largest absolute Gasteiger partial charge is 0.354 e. The van der Waals surface area contributed by atoms with Gasteiger partial charge in [-0.2, -0.15) is 0 Å². The van der Waals surface area contributed by atoms with Gasteiger partial charge in [-0.05, 0) is 20.0 Å². The van der Waals surface area contributed by atoms with E-state index in [9.17, 15) is 4.79 Å². The number of nitrogens with zero attached hydrogens (tertiary/aromatic N) is 3. The Kier molecular flexibility index (Phi) is 4.92. The minimum absolute atomic E-state index is 0.141. The first-order chi connectivity index (χ1) is 9.58. The summed E-state index contributed by atoms with van der Waals surface area (Å²) in [5.74, 6) is 0.823. The number of aromatic nitrogens is 1. The van der Waals surface area contributed by atoms with Crippen molar-refractivity contribution in [1.29, 1.82) is 0 Å². The number of rotatable bonds is 4. The van der Waals surface area contributed by atoms with E-state index in [-0.39, 0.29) is 5.91 Å². The molecule has 0 spiro atoms. The Morgan fingerprint density at radius 2 is 2.15 bits per heavy atom. The highest BCUT2D eigenvalue weighted by Crippen LogP contribution is 2.18. The van der Waals surface area contributed by atoms with Crippen LogP contribution < -0.4 is 16.0 Å². The first kappa shape index (κ1) is 14.7. The fourth-order valence-electron chi connectivity index (χ4n) is 2.21. The summed E-state index contributed by atoms with van der Waals surface area (Å²) in [6, 6.07) is 3.41. The van der Waals surface area contributed by atoms with Gasteiger partial charge < -0.3 is 20.9 Å². The molecule has 0 saturated carbocycles. The second kappa shape index (κ2) is 6.67. The number of anilines is 1. The van der Waals surface area contributed by atoms with Crippen LogP contribution in [-0.4, -0.2) is 55.1 Å². The topological polar surface area (TPSA) is 74.5 Å². The molecule has 0 bridgehead atoms. The highest BCUT2D eigenvalue weighted by atomic mass is 16.2. The van der Waals surface area contributed by atoms with Gasteiger partial charge in [0.25, 0.3) is 0 Å². The van der Waals surface area contributed by atoms with E-state index in [0.717, 1.165) is 37.6 Å². The van der Waals surface area contributed by atoms with Crippen LogP contribution in [0, 0.1) is 0 Å². The van der Waals surface area contributed by atoms with E-state index >= 15 is 0 Å². The molecule has 1 aliphatic rings. The van der Waals surface area contributed by atoms with Gasteiger partial charge in [0.1, 0.15) is 5.82 Å². The van der Waals surface area contributed by atoms with E-state index in [1.54, 1.807) is 13.1 Å². The van der Waals surface area contributed by atoms with Crippen molar-refractivity contribution in [2.24, 2.45) is 5.73 Å². The SMILES string of the molecule is CC(N)C(=O)NCc1cccnc1N1CCN(C)CC1. The molecule has 1 aliphatic heterocycles. The molecule has 6 heteroatoms. The van der Waals surface area contributed by atoms with Crippen LogP contribution in [0.25, 0.3) is 0 Å². The van der Waals surface area contributed by atoms with Crippen molar-refractivity contribution in [2.75, 3.05) is 38.1 Å². The maximum atomic E-state index is 11.6. The maximum absolute atomic E-state index is 11.6. The number of carbonyl (C=O) groups excluding carboxylic acids is 1. The molecular formula is C14H23N5O. The quantitative estimate of drug-likeness (QED) is 0.797. The summed E-state index contributed by atoms with van der Waals surface area (Å²) >= 11 is 0. The molecule has 6 nitrogen and oxygen atoms in total. The number of pyridine rings is 1. The lowest BCUT2D eigenvalue weighted by atomic mass is 10.2. The molecular weight excluding hydrogens is 254 g/mol. The van der Waals surface area contributed by atoms with Crippen LogP contribution in [0.1, 0.15) is 12.5 Å². The van der Waals surface area contributed by atoms with Crippen LogP contribution in [-0.2, 0) is 11.3 Å². The predicted octanol–water partition coefficient (Wildman–Crippen LogP) is -0.203. The Morgan fingerprint density at radius 1 is 1.45 bits per heavy atom. The van der Waals surface area contributed by atoms with Crippen LogP contribution in [0.2, 0.25) is 0 Å². The second-order valence-electron chi connectivity index (χ2n) is 5.28. The third kappa shape index (κ3) is 3.68. The summed E-state index contributed by atoms with van der Waals surface area (Å²) in [5.41, 5.74) is 6.59. The summed E-state index contributed by atoms with van der Waals surface area (Å²) in [4.78, 5) is 20.6. The number of amides is 1. The lowest BCUT2D eigenvalue weighted by Gasteiger charge is -2.34. The molecule has 110 valence electrons. The first-order valence-electron chi connectivity index (χ1n) is 6.98. The zero-order valence-electron chi connectivity index (χ0n) is 12.2. The van der Waals surface area contributed by atoms with Gasteiger partial charge in [-0.3, -0.25) is 4.79 Å². The van der Waals surface area contributed by atoms with Crippen LogP contribution in [0.3, 0.4) is 0 Å².